The summed E-state index contributed by atoms with van der Waals surface area (Å²) in [7, 11) is 0. The molecular formula is C10H15N3O. The van der Waals surface area contributed by atoms with Gasteiger partial charge < -0.3 is 11.1 Å². The highest BCUT2D eigenvalue weighted by molar-refractivity contribution is 5.74. The van der Waals surface area contributed by atoms with Gasteiger partial charge in [-0.2, -0.15) is 0 Å². The Kier molecular flexibility index (Phi) is 3.45. The predicted octanol–water partition coefficient (Wildman–Crippen LogP) is 1.07. The molecule has 3 N–H and O–H groups in total. The number of hydrogen-bond donors (Lipinski definition) is 2. The van der Waals surface area contributed by atoms with Crippen LogP contribution in [0.1, 0.15) is 18.9 Å². The van der Waals surface area contributed by atoms with E-state index in [0.717, 1.165) is 11.4 Å². The predicted molar refractivity (Wildman–Crippen MR) is 55.9 cm³/mol. The molecule has 1 aromatic heterocycles. The molecule has 1 rings (SSSR count). The van der Waals surface area contributed by atoms with E-state index in [1.807, 2.05) is 26.0 Å². The highest BCUT2D eigenvalue weighted by Gasteiger charge is 2.05. The van der Waals surface area contributed by atoms with Gasteiger partial charge in [-0.3, -0.25) is 4.79 Å². The first-order valence-corrected chi connectivity index (χ1v) is 4.55. The molecule has 0 aliphatic heterocycles. The largest absolute Gasteiger partial charge is 0.370 e. The third-order valence-electron chi connectivity index (χ3n) is 1.81. The maximum Gasteiger partial charge on any atom is 0.219 e. The summed E-state index contributed by atoms with van der Waals surface area (Å²) in [6.45, 7) is 3.87. The molecule has 0 aromatic carbocycles. The van der Waals surface area contributed by atoms with Crippen LogP contribution in [-0.4, -0.2) is 16.9 Å². The molecule has 1 atom stereocenters. The number of aromatic nitrogens is 1. The number of hydrogen-bond acceptors (Lipinski definition) is 3. The van der Waals surface area contributed by atoms with E-state index in [-0.39, 0.29) is 11.9 Å². The van der Waals surface area contributed by atoms with Crippen molar-refractivity contribution < 1.29 is 4.79 Å². The Balaban J connectivity index is 2.51. The monoisotopic (exact) mass is 193 g/mol. The minimum Gasteiger partial charge on any atom is -0.370 e. The highest BCUT2D eigenvalue weighted by Crippen LogP contribution is 2.06. The second kappa shape index (κ2) is 4.60. The first-order chi connectivity index (χ1) is 6.58. The van der Waals surface area contributed by atoms with E-state index in [1.54, 1.807) is 6.20 Å². The van der Waals surface area contributed by atoms with Gasteiger partial charge in [0.15, 0.2) is 0 Å². The van der Waals surface area contributed by atoms with Crippen LogP contribution in [0, 0.1) is 6.92 Å². The van der Waals surface area contributed by atoms with Crippen molar-refractivity contribution in [2.24, 2.45) is 5.73 Å². The Hall–Kier alpha value is -1.58. The van der Waals surface area contributed by atoms with Gasteiger partial charge in [0, 0.05) is 18.7 Å². The fourth-order valence-corrected chi connectivity index (χ4v) is 1.16. The van der Waals surface area contributed by atoms with Gasteiger partial charge in [0.1, 0.15) is 5.82 Å². The summed E-state index contributed by atoms with van der Waals surface area (Å²) in [6, 6.07) is 3.86. The number of carbonyl (C=O) groups is 1. The number of anilines is 1. The van der Waals surface area contributed by atoms with Crippen LogP contribution in [0.3, 0.4) is 0 Å². The lowest BCUT2D eigenvalue weighted by atomic mass is 10.2. The summed E-state index contributed by atoms with van der Waals surface area (Å²) in [6.07, 6.45) is 2.09. The van der Waals surface area contributed by atoms with E-state index in [0.29, 0.717) is 6.42 Å². The number of aryl methyl sites for hydroxylation is 1. The fraction of sp³-hybridized carbons (Fsp3) is 0.400. The van der Waals surface area contributed by atoms with Gasteiger partial charge in [0.05, 0.1) is 0 Å². The van der Waals surface area contributed by atoms with Crippen molar-refractivity contribution >= 4 is 11.7 Å². The summed E-state index contributed by atoms with van der Waals surface area (Å²) >= 11 is 0. The van der Waals surface area contributed by atoms with E-state index >= 15 is 0 Å². The second-order valence-corrected chi connectivity index (χ2v) is 3.44. The van der Waals surface area contributed by atoms with Gasteiger partial charge >= 0.3 is 0 Å². The second-order valence-electron chi connectivity index (χ2n) is 3.44. The van der Waals surface area contributed by atoms with Crippen molar-refractivity contribution in [3.8, 4) is 0 Å². The SMILES string of the molecule is Cc1ccc(NC(C)CC(N)=O)nc1. The van der Waals surface area contributed by atoms with Crippen molar-refractivity contribution in [1.29, 1.82) is 0 Å². The smallest absolute Gasteiger partial charge is 0.219 e. The zero-order chi connectivity index (χ0) is 10.6. The molecule has 1 unspecified atom stereocenters. The number of pyridine rings is 1. The molecule has 4 nitrogen and oxygen atoms in total. The molecule has 1 amide bonds. The average Bonchev–Trinajstić information content (AvgIpc) is 2.07. The van der Waals surface area contributed by atoms with Crippen LogP contribution < -0.4 is 11.1 Å². The molecule has 4 heteroatoms. The van der Waals surface area contributed by atoms with E-state index in [2.05, 4.69) is 10.3 Å². The molecule has 0 saturated carbocycles. The molecule has 0 aliphatic carbocycles. The molecular weight excluding hydrogens is 178 g/mol. The van der Waals surface area contributed by atoms with Gasteiger partial charge in [-0.25, -0.2) is 4.98 Å². The summed E-state index contributed by atoms with van der Waals surface area (Å²) in [4.78, 5) is 14.8. The van der Waals surface area contributed by atoms with Crippen molar-refractivity contribution in [3.63, 3.8) is 0 Å². The quantitative estimate of drug-likeness (QED) is 0.751. The summed E-state index contributed by atoms with van der Waals surface area (Å²) in [5.41, 5.74) is 6.18. The number of nitrogens with one attached hydrogen (secondary N) is 1. The normalized spacial score (nSPS) is 12.1. The van der Waals surface area contributed by atoms with Crippen molar-refractivity contribution in [3.05, 3.63) is 23.9 Å². The molecule has 0 spiro atoms. The zero-order valence-electron chi connectivity index (χ0n) is 8.45. The molecule has 0 saturated heterocycles. The average molecular weight is 193 g/mol. The Labute approximate surface area is 83.5 Å². The van der Waals surface area contributed by atoms with Gasteiger partial charge in [-0.05, 0) is 25.5 Å². The number of nitrogens with two attached hydrogens (primary N) is 1. The Morgan fingerprint density at radius 2 is 2.36 bits per heavy atom. The van der Waals surface area contributed by atoms with Gasteiger partial charge in [0.2, 0.25) is 5.91 Å². The van der Waals surface area contributed by atoms with Gasteiger partial charge in [-0.15, -0.1) is 0 Å². The lowest BCUT2D eigenvalue weighted by Crippen LogP contribution is -2.24. The maximum atomic E-state index is 10.6. The molecule has 1 aromatic rings. The van der Waals surface area contributed by atoms with Crippen molar-refractivity contribution in [1.82, 2.24) is 4.98 Å². The first-order valence-electron chi connectivity index (χ1n) is 4.55. The number of amides is 1. The molecule has 0 bridgehead atoms. The van der Waals surface area contributed by atoms with Crippen molar-refractivity contribution in [2.45, 2.75) is 26.3 Å². The van der Waals surface area contributed by atoms with Crippen LogP contribution >= 0.6 is 0 Å². The number of nitrogens with zero attached hydrogens (tertiary/aromatic N) is 1. The first kappa shape index (κ1) is 10.5. The van der Waals surface area contributed by atoms with E-state index in [9.17, 15) is 4.79 Å². The third-order valence-corrected chi connectivity index (χ3v) is 1.81. The molecule has 14 heavy (non-hydrogen) atoms. The topological polar surface area (TPSA) is 68.0 Å². The molecule has 0 radical (unpaired) electrons. The Morgan fingerprint density at radius 1 is 1.64 bits per heavy atom. The molecule has 1 heterocycles. The third kappa shape index (κ3) is 3.43. The van der Waals surface area contributed by atoms with Crippen LogP contribution in [0.25, 0.3) is 0 Å². The van der Waals surface area contributed by atoms with Crippen LogP contribution in [-0.2, 0) is 4.79 Å². The Morgan fingerprint density at radius 3 is 2.86 bits per heavy atom. The molecule has 76 valence electrons. The summed E-state index contributed by atoms with van der Waals surface area (Å²) < 4.78 is 0. The lowest BCUT2D eigenvalue weighted by molar-refractivity contribution is -0.118. The molecule has 0 fully saturated rings. The Bertz CT molecular complexity index is 308. The highest BCUT2D eigenvalue weighted by atomic mass is 16.1. The fourth-order valence-electron chi connectivity index (χ4n) is 1.16. The van der Waals surface area contributed by atoms with Crippen LogP contribution in [0.5, 0.6) is 0 Å². The number of carbonyl (C=O) groups excluding carboxylic acids is 1. The van der Waals surface area contributed by atoms with Crippen LogP contribution in [0.2, 0.25) is 0 Å². The molecule has 0 aliphatic rings. The minimum absolute atomic E-state index is 0.0164. The number of primary amides is 1. The lowest BCUT2D eigenvalue weighted by Gasteiger charge is -2.12. The van der Waals surface area contributed by atoms with Crippen LogP contribution in [0.4, 0.5) is 5.82 Å². The number of rotatable bonds is 4. The van der Waals surface area contributed by atoms with E-state index < -0.39 is 0 Å². The minimum atomic E-state index is -0.308. The zero-order valence-corrected chi connectivity index (χ0v) is 8.45. The van der Waals surface area contributed by atoms with Crippen molar-refractivity contribution in [2.75, 3.05) is 5.32 Å². The van der Waals surface area contributed by atoms with Crippen LogP contribution in [0.15, 0.2) is 18.3 Å². The van der Waals surface area contributed by atoms with Gasteiger partial charge in [-0.1, -0.05) is 6.07 Å². The summed E-state index contributed by atoms with van der Waals surface area (Å²) in [5, 5.41) is 3.09. The maximum absolute atomic E-state index is 10.6. The standard InChI is InChI=1S/C10H15N3O/c1-7-3-4-10(12-6-7)13-8(2)5-9(11)14/h3-4,6,8H,5H2,1-2H3,(H2,11,14)(H,12,13). The summed E-state index contributed by atoms with van der Waals surface area (Å²) in [5.74, 6) is 0.460. The van der Waals surface area contributed by atoms with E-state index in [1.165, 1.54) is 0 Å². The van der Waals surface area contributed by atoms with E-state index in [4.69, 9.17) is 5.73 Å². The van der Waals surface area contributed by atoms with Gasteiger partial charge in [0.25, 0.3) is 0 Å².